The Hall–Kier alpha value is -0.810. The maximum Gasteiger partial charge on any atom is 0.317 e. The highest BCUT2D eigenvalue weighted by atomic mass is 16.2. The van der Waals surface area contributed by atoms with Gasteiger partial charge in [0.25, 0.3) is 0 Å². The molecule has 1 saturated carbocycles. The van der Waals surface area contributed by atoms with Gasteiger partial charge in [-0.2, -0.15) is 0 Å². The topological polar surface area (TPSA) is 38.8 Å². The van der Waals surface area contributed by atoms with Crippen LogP contribution in [0, 0.1) is 5.92 Å². The Bertz CT molecular complexity index is 375. The lowest BCUT2D eigenvalue weighted by Gasteiger charge is -2.40. The zero-order chi connectivity index (χ0) is 16.1. The van der Waals surface area contributed by atoms with Gasteiger partial charge in [0, 0.05) is 45.3 Å². The summed E-state index contributed by atoms with van der Waals surface area (Å²) in [4.78, 5) is 19.4. The second kappa shape index (κ2) is 8.34. The molecule has 23 heavy (non-hydrogen) atoms. The third-order valence-electron chi connectivity index (χ3n) is 6.07. The molecule has 5 heteroatoms. The van der Waals surface area contributed by atoms with Crippen LogP contribution in [0.3, 0.4) is 0 Å². The Morgan fingerprint density at radius 2 is 1.65 bits per heavy atom. The number of amides is 2. The van der Waals surface area contributed by atoms with E-state index >= 15 is 0 Å². The summed E-state index contributed by atoms with van der Waals surface area (Å²) in [6.45, 7) is 7.12. The second-order valence-electron chi connectivity index (χ2n) is 7.75. The van der Waals surface area contributed by atoms with E-state index in [-0.39, 0.29) is 6.03 Å². The third-order valence-corrected chi connectivity index (χ3v) is 6.07. The molecule has 1 atom stereocenters. The fourth-order valence-corrected chi connectivity index (χ4v) is 4.36. The van der Waals surface area contributed by atoms with Crippen molar-refractivity contribution in [1.29, 1.82) is 0 Å². The number of nitrogens with one attached hydrogen (secondary N) is 1. The number of piperidine rings is 1. The van der Waals surface area contributed by atoms with Crippen molar-refractivity contribution >= 4 is 6.03 Å². The van der Waals surface area contributed by atoms with Gasteiger partial charge >= 0.3 is 6.03 Å². The van der Waals surface area contributed by atoms with Crippen molar-refractivity contribution < 1.29 is 4.79 Å². The van der Waals surface area contributed by atoms with E-state index in [2.05, 4.69) is 22.2 Å². The van der Waals surface area contributed by atoms with E-state index in [1.54, 1.807) is 0 Å². The maximum atomic E-state index is 12.3. The summed E-state index contributed by atoms with van der Waals surface area (Å²) in [6.07, 6.45) is 9.33. The number of hydrogen-bond donors (Lipinski definition) is 1. The van der Waals surface area contributed by atoms with Crippen LogP contribution in [-0.4, -0.2) is 79.6 Å². The Balaban J connectivity index is 1.35. The van der Waals surface area contributed by atoms with Crippen LogP contribution in [0.25, 0.3) is 0 Å². The van der Waals surface area contributed by atoms with Gasteiger partial charge in [-0.1, -0.05) is 19.3 Å². The van der Waals surface area contributed by atoms with Gasteiger partial charge in [-0.3, -0.25) is 4.90 Å². The minimum Gasteiger partial charge on any atom is -0.338 e. The molecule has 1 aliphatic carbocycles. The Morgan fingerprint density at radius 3 is 2.35 bits per heavy atom. The number of piperazine rings is 1. The van der Waals surface area contributed by atoms with Crippen molar-refractivity contribution in [3.63, 3.8) is 0 Å². The molecule has 0 aromatic heterocycles. The summed E-state index contributed by atoms with van der Waals surface area (Å²) in [5.41, 5.74) is 0. The van der Waals surface area contributed by atoms with E-state index in [4.69, 9.17) is 0 Å². The first-order chi connectivity index (χ1) is 11.2. The van der Waals surface area contributed by atoms with E-state index in [0.29, 0.717) is 6.04 Å². The Labute approximate surface area is 141 Å². The quantitative estimate of drug-likeness (QED) is 0.860. The first kappa shape index (κ1) is 17.0. The fraction of sp³-hybridized carbons (Fsp3) is 0.944. The summed E-state index contributed by atoms with van der Waals surface area (Å²) >= 11 is 0. The third kappa shape index (κ3) is 4.83. The standard InChI is InChI=1S/C18H34N4O/c1-20-9-5-4-8-17(20)15-21-10-12-22(13-11-21)18(23)19-14-16-6-2-3-7-16/h16-17H,2-15H2,1H3,(H,19,23). The van der Waals surface area contributed by atoms with E-state index in [1.807, 2.05) is 4.90 Å². The summed E-state index contributed by atoms with van der Waals surface area (Å²) in [5.74, 6) is 0.724. The SMILES string of the molecule is CN1CCCCC1CN1CCN(C(=O)NCC2CCCC2)CC1. The van der Waals surface area contributed by atoms with E-state index < -0.39 is 0 Å². The van der Waals surface area contributed by atoms with Gasteiger partial charge in [0.15, 0.2) is 0 Å². The molecule has 3 fully saturated rings. The number of hydrogen-bond acceptors (Lipinski definition) is 3. The van der Waals surface area contributed by atoms with Gasteiger partial charge in [-0.05, 0) is 45.2 Å². The molecule has 3 rings (SSSR count). The zero-order valence-corrected chi connectivity index (χ0v) is 14.8. The number of likely N-dealkylation sites (tertiary alicyclic amines) is 1. The molecule has 2 amide bonds. The Morgan fingerprint density at radius 1 is 0.957 bits per heavy atom. The minimum absolute atomic E-state index is 0.159. The molecule has 2 heterocycles. The molecular weight excluding hydrogens is 288 g/mol. The highest BCUT2D eigenvalue weighted by Crippen LogP contribution is 2.23. The molecular formula is C18H34N4O. The predicted octanol–water partition coefficient (Wildman–Crippen LogP) is 1.99. The van der Waals surface area contributed by atoms with Gasteiger partial charge < -0.3 is 15.1 Å². The smallest absolute Gasteiger partial charge is 0.317 e. The largest absolute Gasteiger partial charge is 0.338 e. The molecule has 0 aromatic carbocycles. The number of carbonyl (C=O) groups excluding carboxylic acids is 1. The first-order valence-corrected chi connectivity index (χ1v) is 9.68. The lowest BCUT2D eigenvalue weighted by atomic mass is 10.0. The number of urea groups is 1. The molecule has 5 nitrogen and oxygen atoms in total. The molecule has 0 spiro atoms. The van der Waals surface area contributed by atoms with Crippen molar-refractivity contribution in [3.05, 3.63) is 0 Å². The Kier molecular flexibility index (Phi) is 6.17. The van der Waals surface area contributed by atoms with Crippen LogP contribution in [0.15, 0.2) is 0 Å². The van der Waals surface area contributed by atoms with Crippen LogP contribution in [0.1, 0.15) is 44.9 Å². The van der Waals surface area contributed by atoms with Gasteiger partial charge in [0.05, 0.1) is 0 Å². The van der Waals surface area contributed by atoms with Gasteiger partial charge in [-0.25, -0.2) is 4.79 Å². The van der Waals surface area contributed by atoms with Gasteiger partial charge in [-0.15, -0.1) is 0 Å². The maximum absolute atomic E-state index is 12.3. The normalized spacial score (nSPS) is 28.2. The first-order valence-electron chi connectivity index (χ1n) is 9.68. The van der Waals surface area contributed by atoms with E-state index in [9.17, 15) is 4.79 Å². The summed E-state index contributed by atoms with van der Waals surface area (Å²) in [7, 11) is 2.26. The second-order valence-corrected chi connectivity index (χ2v) is 7.75. The van der Waals surface area contributed by atoms with Crippen LogP contribution >= 0.6 is 0 Å². The highest BCUT2D eigenvalue weighted by molar-refractivity contribution is 5.74. The van der Waals surface area contributed by atoms with Gasteiger partial charge in [0.1, 0.15) is 0 Å². The van der Waals surface area contributed by atoms with E-state index in [0.717, 1.165) is 38.6 Å². The molecule has 132 valence electrons. The van der Waals surface area contributed by atoms with Crippen molar-refractivity contribution in [2.75, 3.05) is 52.9 Å². The lowest BCUT2D eigenvalue weighted by molar-refractivity contribution is 0.0928. The van der Waals surface area contributed by atoms with Crippen molar-refractivity contribution in [3.8, 4) is 0 Å². The zero-order valence-electron chi connectivity index (χ0n) is 14.8. The van der Waals surface area contributed by atoms with Crippen LogP contribution in [0.2, 0.25) is 0 Å². The van der Waals surface area contributed by atoms with E-state index in [1.165, 1.54) is 58.0 Å². The summed E-state index contributed by atoms with van der Waals surface area (Å²) in [6, 6.07) is 0.873. The van der Waals surface area contributed by atoms with Crippen molar-refractivity contribution in [2.45, 2.75) is 51.0 Å². The van der Waals surface area contributed by atoms with Crippen LogP contribution < -0.4 is 5.32 Å². The van der Waals surface area contributed by atoms with Crippen molar-refractivity contribution in [2.24, 2.45) is 5.92 Å². The average Bonchev–Trinajstić information content (AvgIpc) is 3.09. The van der Waals surface area contributed by atoms with Crippen LogP contribution in [-0.2, 0) is 0 Å². The summed E-state index contributed by atoms with van der Waals surface area (Å²) < 4.78 is 0. The monoisotopic (exact) mass is 322 g/mol. The summed E-state index contributed by atoms with van der Waals surface area (Å²) in [5, 5.41) is 3.16. The molecule has 3 aliphatic rings. The molecule has 0 bridgehead atoms. The van der Waals surface area contributed by atoms with Crippen LogP contribution in [0.5, 0.6) is 0 Å². The highest BCUT2D eigenvalue weighted by Gasteiger charge is 2.26. The lowest BCUT2D eigenvalue weighted by Crippen LogP contribution is -2.55. The van der Waals surface area contributed by atoms with Crippen molar-refractivity contribution in [1.82, 2.24) is 20.0 Å². The predicted molar refractivity (Wildman–Crippen MR) is 93.6 cm³/mol. The average molecular weight is 322 g/mol. The number of rotatable bonds is 4. The molecule has 0 aromatic rings. The number of nitrogens with zero attached hydrogens (tertiary/aromatic N) is 3. The molecule has 2 saturated heterocycles. The molecule has 0 radical (unpaired) electrons. The molecule has 2 aliphatic heterocycles. The fourth-order valence-electron chi connectivity index (χ4n) is 4.36. The number of carbonyl (C=O) groups is 1. The van der Waals surface area contributed by atoms with Gasteiger partial charge in [0.2, 0.25) is 0 Å². The van der Waals surface area contributed by atoms with Crippen LogP contribution in [0.4, 0.5) is 4.79 Å². The molecule has 1 N–H and O–H groups in total. The minimum atomic E-state index is 0.159. The molecule has 1 unspecified atom stereocenters. The number of likely N-dealkylation sites (N-methyl/N-ethyl adjacent to an activating group) is 1.